The molecule has 2 rings (SSSR count). The van der Waals surface area contributed by atoms with Crippen LogP contribution in [0.25, 0.3) is 0 Å². The van der Waals surface area contributed by atoms with Gasteiger partial charge >= 0.3 is 0 Å². The Bertz CT molecular complexity index is 748. The highest BCUT2D eigenvalue weighted by atomic mass is 16.5. The van der Waals surface area contributed by atoms with Gasteiger partial charge in [-0.1, -0.05) is 20.8 Å². The Morgan fingerprint density at radius 1 is 0.711 bits per heavy atom. The zero-order chi connectivity index (χ0) is 29.3. The Morgan fingerprint density at radius 3 is 1.45 bits per heavy atom. The summed E-state index contributed by atoms with van der Waals surface area (Å²) < 4.78 is 11.0. The van der Waals surface area contributed by atoms with Crippen molar-refractivity contribution >= 4 is 17.7 Å². The Kier molecular flexibility index (Phi) is 13.2. The monoisotopic (exact) mass is 540 g/mol. The molecule has 0 aromatic carbocycles. The lowest BCUT2D eigenvalue weighted by Gasteiger charge is -2.37. The molecule has 0 bridgehead atoms. The topological polar surface area (TPSA) is 91.4 Å². The lowest BCUT2D eigenvalue weighted by molar-refractivity contribution is -0.143. The van der Waals surface area contributed by atoms with Gasteiger partial charge in [-0.2, -0.15) is 0 Å². The first-order valence-corrected chi connectivity index (χ1v) is 14.2. The molecule has 0 spiro atoms. The molecular formula is C29H56N4O5. The first-order valence-electron chi connectivity index (χ1n) is 14.2. The molecule has 3 amide bonds. The van der Waals surface area contributed by atoms with Crippen LogP contribution in [0.15, 0.2) is 0 Å². The summed E-state index contributed by atoms with van der Waals surface area (Å²) in [6.07, 6.45) is 1.62. The summed E-state index contributed by atoms with van der Waals surface area (Å²) in [4.78, 5) is 42.0. The van der Waals surface area contributed by atoms with Gasteiger partial charge in [0, 0.05) is 56.8 Å². The van der Waals surface area contributed by atoms with Crippen molar-refractivity contribution in [1.29, 1.82) is 0 Å². The third-order valence-electron chi connectivity index (χ3n) is 6.52. The van der Waals surface area contributed by atoms with Crippen LogP contribution < -0.4 is 5.32 Å². The van der Waals surface area contributed by atoms with Gasteiger partial charge in [-0.3, -0.25) is 19.3 Å². The maximum absolute atomic E-state index is 12.0. The van der Waals surface area contributed by atoms with Gasteiger partial charge < -0.3 is 24.6 Å². The summed E-state index contributed by atoms with van der Waals surface area (Å²) in [6, 6.07) is 0.738. The standard InChI is InChI=1S/C16H30N2O3.C13H26N2O2/c1-15(2,3)14(20)17-12-7-9-18(10-8-12)13(19)11-21-16(4,5)6;1-11(2)14-6-8-15(9-7-14)12(16)10-17-13(3,4)5/h12H,7-11H2,1-6H3,(H,17,20);11H,6-10H2,1-5H3. The molecule has 2 heterocycles. The molecule has 0 saturated carbocycles. The third kappa shape index (κ3) is 13.9. The number of amides is 3. The lowest BCUT2D eigenvalue weighted by Crippen LogP contribution is -2.51. The quantitative estimate of drug-likeness (QED) is 0.556. The van der Waals surface area contributed by atoms with Gasteiger partial charge in [0.05, 0.1) is 11.2 Å². The molecule has 0 aromatic rings. The van der Waals surface area contributed by atoms with Gasteiger partial charge in [0.1, 0.15) is 13.2 Å². The van der Waals surface area contributed by atoms with Crippen LogP contribution in [-0.4, -0.2) is 108 Å². The van der Waals surface area contributed by atoms with Gasteiger partial charge in [-0.15, -0.1) is 0 Å². The molecule has 2 fully saturated rings. The van der Waals surface area contributed by atoms with Crippen LogP contribution in [0.5, 0.6) is 0 Å². The average Bonchev–Trinajstić information content (AvgIpc) is 2.80. The van der Waals surface area contributed by atoms with Crippen molar-refractivity contribution < 1.29 is 23.9 Å². The van der Waals surface area contributed by atoms with Gasteiger partial charge in [0.2, 0.25) is 17.7 Å². The van der Waals surface area contributed by atoms with Crippen LogP contribution in [0, 0.1) is 5.41 Å². The Balaban J connectivity index is 0.000000389. The average molecular weight is 541 g/mol. The van der Waals surface area contributed by atoms with Gasteiger partial charge in [0.25, 0.3) is 0 Å². The first-order chi connectivity index (χ1) is 17.3. The highest BCUT2D eigenvalue weighted by Crippen LogP contribution is 2.17. The van der Waals surface area contributed by atoms with E-state index in [0.29, 0.717) is 19.1 Å². The maximum atomic E-state index is 12.0. The number of carbonyl (C=O) groups excluding carboxylic acids is 3. The van der Waals surface area contributed by atoms with Crippen molar-refractivity contribution in [3.8, 4) is 0 Å². The second kappa shape index (κ2) is 14.6. The minimum atomic E-state index is -0.368. The van der Waals surface area contributed by atoms with Crippen molar-refractivity contribution in [1.82, 2.24) is 20.0 Å². The van der Waals surface area contributed by atoms with Crippen molar-refractivity contribution in [2.24, 2.45) is 5.41 Å². The lowest BCUT2D eigenvalue weighted by atomic mass is 9.94. The minimum absolute atomic E-state index is 0.0329. The van der Waals surface area contributed by atoms with E-state index in [0.717, 1.165) is 39.0 Å². The number of piperidine rings is 1. The van der Waals surface area contributed by atoms with Gasteiger partial charge in [-0.25, -0.2) is 0 Å². The Labute approximate surface area is 231 Å². The fraction of sp³-hybridized carbons (Fsp3) is 0.897. The number of piperazine rings is 1. The van der Waals surface area contributed by atoms with Gasteiger partial charge in [-0.05, 0) is 68.2 Å². The predicted molar refractivity (Wildman–Crippen MR) is 152 cm³/mol. The van der Waals surface area contributed by atoms with E-state index in [-0.39, 0.29) is 53.6 Å². The zero-order valence-corrected chi connectivity index (χ0v) is 26.1. The van der Waals surface area contributed by atoms with Crippen LogP contribution in [0.3, 0.4) is 0 Å². The van der Waals surface area contributed by atoms with Crippen molar-refractivity contribution in [2.45, 2.75) is 112 Å². The second-order valence-corrected chi connectivity index (χ2v) is 13.7. The molecule has 0 unspecified atom stereocenters. The van der Waals surface area contributed by atoms with Gasteiger partial charge in [0.15, 0.2) is 0 Å². The second-order valence-electron chi connectivity index (χ2n) is 13.7. The minimum Gasteiger partial charge on any atom is -0.366 e. The summed E-state index contributed by atoms with van der Waals surface area (Å²) in [5.74, 6) is 0.220. The first kappa shape index (κ1) is 34.3. The molecule has 2 saturated heterocycles. The number of nitrogens with one attached hydrogen (secondary N) is 1. The van der Waals surface area contributed by atoms with Crippen LogP contribution in [-0.2, 0) is 23.9 Å². The fourth-order valence-electron chi connectivity index (χ4n) is 3.90. The SMILES string of the molecule is CC(C)(C)OCC(=O)N1CCC(NC(=O)C(C)(C)C)CC1.CC(C)N1CCN(C(=O)COC(C)(C)C)CC1. The fourth-order valence-corrected chi connectivity index (χ4v) is 3.90. The molecule has 0 radical (unpaired) electrons. The molecule has 9 nitrogen and oxygen atoms in total. The molecule has 222 valence electrons. The van der Waals surface area contributed by atoms with E-state index in [1.165, 1.54) is 0 Å². The molecule has 2 aliphatic rings. The molecule has 0 aliphatic carbocycles. The molecular weight excluding hydrogens is 484 g/mol. The van der Waals surface area contributed by atoms with Crippen LogP contribution in [0.1, 0.15) is 89.0 Å². The molecule has 1 N–H and O–H groups in total. The number of hydrogen-bond acceptors (Lipinski definition) is 6. The van der Waals surface area contributed by atoms with Crippen LogP contribution >= 0.6 is 0 Å². The van der Waals surface area contributed by atoms with Crippen molar-refractivity contribution in [3.05, 3.63) is 0 Å². The van der Waals surface area contributed by atoms with E-state index >= 15 is 0 Å². The van der Waals surface area contributed by atoms with E-state index in [9.17, 15) is 14.4 Å². The Hall–Kier alpha value is -1.71. The number of hydrogen-bond donors (Lipinski definition) is 1. The largest absolute Gasteiger partial charge is 0.366 e. The van der Waals surface area contributed by atoms with E-state index in [2.05, 4.69) is 24.1 Å². The highest BCUT2D eigenvalue weighted by Gasteiger charge is 2.28. The number of ether oxygens (including phenoxy) is 2. The summed E-state index contributed by atoms with van der Waals surface area (Å²) in [5.41, 5.74) is -0.905. The van der Waals surface area contributed by atoms with E-state index in [4.69, 9.17) is 9.47 Å². The molecule has 0 atom stereocenters. The van der Waals surface area contributed by atoms with E-state index < -0.39 is 0 Å². The Morgan fingerprint density at radius 2 is 1.11 bits per heavy atom. The molecule has 2 aliphatic heterocycles. The molecule has 9 heteroatoms. The normalized spacial score (nSPS) is 18.2. The maximum Gasteiger partial charge on any atom is 0.248 e. The molecule has 38 heavy (non-hydrogen) atoms. The zero-order valence-electron chi connectivity index (χ0n) is 26.1. The summed E-state index contributed by atoms with van der Waals surface area (Å²) in [5, 5.41) is 3.07. The third-order valence-corrected chi connectivity index (χ3v) is 6.52. The number of rotatable bonds is 6. The summed E-state index contributed by atoms with van der Waals surface area (Å²) in [6.45, 7) is 27.1. The molecule has 0 aromatic heterocycles. The van der Waals surface area contributed by atoms with Crippen molar-refractivity contribution in [2.75, 3.05) is 52.5 Å². The van der Waals surface area contributed by atoms with Crippen LogP contribution in [0.4, 0.5) is 0 Å². The number of nitrogens with zero attached hydrogens (tertiary/aromatic N) is 3. The van der Waals surface area contributed by atoms with Crippen LogP contribution in [0.2, 0.25) is 0 Å². The number of likely N-dealkylation sites (tertiary alicyclic amines) is 1. The summed E-state index contributed by atoms with van der Waals surface area (Å²) in [7, 11) is 0. The highest BCUT2D eigenvalue weighted by molar-refractivity contribution is 5.81. The number of carbonyl (C=O) groups is 3. The van der Waals surface area contributed by atoms with E-state index in [1.54, 1.807) is 0 Å². The van der Waals surface area contributed by atoms with E-state index in [1.807, 2.05) is 72.1 Å². The van der Waals surface area contributed by atoms with Crippen molar-refractivity contribution in [3.63, 3.8) is 0 Å². The predicted octanol–water partition coefficient (Wildman–Crippen LogP) is 3.31. The smallest absolute Gasteiger partial charge is 0.248 e. The summed E-state index contributed by atoms with van der Waals surface area (Å²) >= 11 is 0.